The number of hydrogen-bond acceptors (Lipinski definition) is 2. The molecule has 0 saturated heterocycles. The van der Waals surface area contributed by atoms with E-state index in [2.05, 4.69) is 13.5 Å². The Kier molecular flexibility index (Phi) is 12.9. The topological polar surface area (TPSA) is 26.3 Å². The summed E-state index contributed by atoms with van der Waals surface area (Å²) in [6.07, 6.45) is 21.4. The first-order chi connectivity index (χ1) is 11.7. The third kappa shape index (κ3) is 10.9. The van der Waals surface area contributed by atoms with Crippen LogP contribution in [0.25, 0.3) is 0 Å². The third-order valence-corrected chi connectivity index (χ3v) is 5.20. The highest BCUT2D eigenvalue weighted by atomic mass is 16.5. The lowest BCUT2D eigenvalue weighted by molar-refractivity contribution is -0.145. The molecule has 0 unspecified atom stereocenters. The molecule has 140 valence electrons. The van der Waals surface area contributed by atoms with Gasteiger partial charge in [0.05, 0.1) is 0 Å². The van der Waals surface area contributed by atoms with E-state index in [0.717, 1.165) is 25.7 Å². The van der Waals surface area contributed by atoms with Crippen molar-refractivity contribution in [3.05, 3.63) is 12.2 Å². The van der Waals surface area contributed by atoms with Gasteiger partial charge in [0, 0.05) is 5.57 Å². The van der Waals surface area contributed by atoms with Crippen molar-refractivity contribution in [3.63, 3.8) is 0 Å². The van der Waals surface area contributed by atoms with E-state index in [1.807, 2.05) is 0 Å². The summed E-state index contributed by atoms with van der Waals surface area (Å²) in [7, 11) is 0. The molecule has 2 heteroatoms. The standard InChI is InChI=1S/C22H40O2/c1-3-4-5-6-7-8-9-10-11-12-14-17-20(2)22(23)24-21-18-15-13-16-19-21/h21H,2-19H2,1H3. The van der Waals surface area contributed by atoms with Gasteiger partial charge in [0.25, 0.3) is 0 Å². The van der Waals surface area contributed by atoms with Gasteiger partial charge in [-0.15, -0.1) is 0 Å². The van der Waals surface area contributed by atoms with Crippen LogP contribution in [0.1, 0.15) is 116 Å². The van der Waals surface area contributed by atoms with E-state index in [1.165, 1.54) is 83.5 Å². The lowest BCUT2D eigenvalue weighted by atomic mass is 9.97. The highest BCUT2D eigenvalue weighted by molar-refractivity contribution is 5.87. The fourth-order valence-corrected chi connectivity index (χ4v) is 3.52. The molecule has 1 fully saturated rings. The minimum Gasteiger partial charge on any atom is -0.459 e. The largest absolute Gasteiger partial charge is 0.459 e. The zero-order valence-electron chi connectivity index (χ0n) is 16.1. The SMILES string of the molecule is C=C(CCCCCCCCCCCCC)C(=O)OC1CCCCC1. The highest BCUT2D eigenvalue weighted by Gasteiger charge is 2.18. The molecule has 0 radical (unpaired) electrons. The van der Waals surface area contributed by atoms with E-state index in [-0.39, 0.29) is 12.1 Å². The molecule has 0 aromatic heterocycles. The Morgan fingerprint density at radius 2 is 1.33 bits per heavy atom. The summed E-state index contributed by atoms with van der Waals surface area (Å²) >= 11 is 0. The molecule has 0 atom stereocenters. The van der Waals surface area contributed by atoms with E-state index in [0.29, 0.717) is 5.57 Å². The van der Waals surface area contributed by atoms with Gasteiger partial charge >= 0.3 is 5.97 Å². The summed E-state index contributed by atoms with van der Waals surface area (Å²) in [4.78, 5) is 12.0. The molecule has 0 aliphatic heterocycles. The van der Waals surface area contributed by atoms with Gasteiger partial charge in [-0.3, -0.25) is 0 Å². The van der Waals surface area contributed by atoms with E-state index in [9.17, 15) is 4.79 Å². The number of hydrogen-bond donors (Lipinski definition) is 0. The summed E-state index contributed by atoms with van der Waals surface area (Å²) in [5, 5.41) is 0. The highest BCUT2D eigenvalue weighted by Crippen LogP contribution is 2.22. The van der Waals surface area contributed by atoms with Crippen molar-refractivity contribution < 1.29 is 9.53 Å². The summed E-state index contributed by atoms with van der Waals surface area (Å²) < 4.78 is 5.57. The number of carbonyl (C=O) groups is 1. The van der Waals surface area contributed by atoms with Gasteiger partial charge in [0.15, 0.2) is 0 Å². The second-order valence-electron chi connectivity index (χ2n) is 7.55. The molecule has 0 N–H and O–H groups in total. The monoisotopic (exact) mass is 336 g/mol. The van der Waals surface area contributed by atoms with Crippen molar-refractivity contribution >= 4 is 5.97 Å². The lowest BCUT2D eigenvalue weighted by Crippen LogP contribution is -2.21. The fraction of sp³-hybridized carbons (Fsp3) is 0.864. The third-order valence-electron chi connectivity index (χ3n) is 5.20. The molecule has 1 saturated carbocycles. The van der Waals surface area contributed by atoms with E-state index < -0.39 is 0 Å². The van der Waals surface area contributed by atoms with Gasteiger partial charge in [-0.05, 0) is 38.5 Å². The Bertz CT molecular complexity index is 329. The van der Waals surface area contributed by atoms with Crippen molar-refractivity contribution in [1.29, 1.82) is 0 Å². The molecule has 0 aromatic rings. The van der Waals surface area contributed by atoms with Crippen molar-refractivity contribution in [2.45, 2.75) is 122 Å². The molecular formula is C22H40O2. The average molecular weight is 337 g/mol. The Balaban J connectivity index is 1.89. The van der Waals surface area contributed by atoms with Crippen LogP contribution in [0.4, 0.5) is 0 Å². The second-order valence-corrected chi connectivity index (χ2v) is 7.55. The van der Waals surface area contributed by atoms with Crippen LogP contribution in [0.15, 0.2) is 12.2 Å². The number of rotatable bonds is 14. The predicted octanol–water partition coefficient (Wildman–Crippen LogP) is 7.12. The zero-order valence-corrected chi connectivity index (χ0v) is 16.1. The minimum absolute atomic E-state index is 0.144. The Hall–Kier alpha value is -0.790. The summed E-state index contributed by atoms with van der Waals surface area (Å²) in [6.45, 7) is 6.20. The summed E-state index contributed by atoms with van der Waals surface area (Å²) in [5.41, 5.74) is 0.677. The predicted molar refractivity (Wildman–Crippen MR) is 103 cm³/mol. The first-order valence-electron chi connectivity index (χ1n) is 10.6. The van der Waals surface area contributed by atoms with Crippen LogP contribution < -0.4 is 0 Å². The summed E-state index contributed by atoms with van der Waals surface area (Å²) in [5.74, 6) is -0.144. The molecular weight excluding hydrogens is 296 g/mol. The molecule has 1 rings (SSSR count). The average Bonchev–Trinajstić information content (AvgIpc) is 2.60. The van der Waals surface area contributed by atoms with E-state index >= 15 is 0 Å². The Labute approximate surface area is 150 Å². The van der Waals surface area contributed by atoms with Gasteiger partial charge < -0.3 is 4.74 Å². The first-order valence-corrected chi connectivity index (χ1v) is 10.6. The van der Waals surface area contributed by atoms with Crippen LogP contribution in [0, 0.1) is 0 Å². The van der Waals surface area contributed by atoms with Gasteiger partial charge in [0.2, 0.25) is 0 Å². The van der Waals surface area contributed by atoms with Crippen LogP contribution >= 0.6 is 0 Å². The Morgan fingerprint density at radius 3 is 1.88 bits per heavy atom. The number of esters is 1. The molecule has 0 aromatic carbocycles. The van der Waals surface area contributed by atoms with Crippen LogP contribution in [0.3, 0.4) is 0 Å². The molecule has 0 amide bonds. The van der Waals surface area contributed by atoms with Gasteiger partial charge in [-0.2, -0.15) is 0 Å². The maximum atomic E-state index is 12.0. The quantitative estimate of drug-likeness (QED) is 0.192. The normalized spacial score (nSPS) is 15.4. The smallest absolute Gasteiger partial charge is 0.333 e. The summed E-state index contributed by atoms with van der Waals surface area (Å²) in [6, 6.07) is 0. The molecule has 2 nitrogen and oxygen atoms in total. The number of carbonyl (C=O) groups excluding carboxylic acids is 1. The van der Waals surface area contributed by atoms with Crippen LogP contribution in [-0.4, -0.2) is 12.1 Å². The van der Waals surface area contributed by atoms with Crippen molar-refractivity contribution in [2.24, 2.45) is 0 Å². The molecule has 1 aliphatic carbocycles. The van der Waals surface area contributed by atoms with Gasteiger partial charge in [-0.25, -0.2) is 4.79 Å². The zero-order chi connectivity index (χ0) is 17.5. The maximum absolute atomic E-state index is 12.0. The van der Waals surface area contributed by atoms with Crippen LogP contribution in [0.5, 0.6) is 0 Å². The van der Waals surface area contributed by atoms with Crippen molar-refractivity contribution in [1.82, 2.24) is 0 Å². The van der Waals surface area contributed by atoms with E-state index in [4.69, 9.17) is 4.74 Å². The number of ether oxygens (including phenoxy) is 1. The minimum atomic E-state index is -0.144. The number of unbranched alkanes of at least 4 members (excludes halogenated alkanes) is 10. The van der Waals surface area contributed by atoms with Crippen molar-refractivity contribution in [2.75, 3.05) is 0 Å². The molecule has 1 aliphatic rings. The van der Waals surface area contributed by atoms with Gasteiger partial charge in [0.1, 0.15) is 6.10 Å². The molecule has 24 heavy (non-hydrogen) atoms. The first kappa shape index (κ1) is 21.3. The fourth-order valence-electron chi connectivity index (χ4n) is 3.52. The second kappa shape index (κ2) is 14.5. The van der Waals surface area contributed by atoms with Crippen LogP contribution in [-0.2, 0) is 9.53 Å². The molecule has 0 spiro atoms. The molecule has 0 heterocycles. The van der Waals surface area contributed by atoms with Gasteiger partial charge in [-0.1, -0.05) is 84.1 Å². The van der Waals surface area contributed by atoms with Crippen LogP contribution in [0.2, 0.25) is 0 Å². The lowest BCUT2D eigenvalue weighted by Gasteiger charge is -2.22. The molecule has 0 bridgehead atoms. The van der Waals surface area contributed by atoms with Crippen molar-refractivity contribution in [3.8, 4) is 0 Å². The Morgan fingerprint density at radius 1 is 0.833 bits per heavy atom. The maximum Gasteiger partial charge on any atom is 0.333 e. The van der Waals surface area contributed by atoms with E-state index in [1.54, 1.807) is 0 Å².